The Bertz CT molecular complexity index is 777. The van der Waals surface area contributed by atoms with Gasteiger partial charge >= 0.3 is 0 Å². The molecule has 4 nitrogen and oxygen atoms in total. The summed E-state index contributed by atoms with van der Waals surface area (Å²) in [4.78, 5) is 14.3. The van der Waals surface area contributed by atoms with E-state index in [2.05, 4.69) is 5.10 Å². The zero-order chi connectivity index (χ0) is 17.4. The number of carbonyl (C=O) groups excluding carboxylic acids is 1. The van der Waals surface area contributed by atoms with Gasteiger partial charge in [0.2, 0.25) is 0 Å². The molecule has 1 saturated heterocycles. The van der Waals surface area contributed by atoms with Crippen molar-refractivity contribution in [1.82, 2.24) is 14.7 Å². The maximum Gasteiger partial charge on any atom is 0.282 e. The van der Waals surface area contributed by atoms with E-state index in [4.69, 9.17) is 0 Å². The average molecular weight is 345 g/mol. The predicted molar refractivity (Wildman–Crippen MR) is 90.3 cm³/mol. The second kappa shape index (κ2) is 6.58. The molecule has 25 heavy (non-hydrogen) atoms. The lowest BCUT2D eigenvalue weighted by Gasteiger charge is -2.16. The van der Waals surface area contributed by atoms with Crippen molar-refractivity contribution in [3.05, 3.63) is 46.8 Å². The van der Waals surface area contributed by atoms with E-state index in [9.17, 15) is 13.6 Å². The monoisotopic (exact) mass is 345 g/mol. The third kappa shape index (κ3) is 2.94. The van der Waals surface area contributed by atoms with Crippen LogP contribution in [0.25, 0.3) is 5.69 Å². The topological polar surface area (TPSA) is 38.1 Å². The van der Waals surface area contributed by atoms with E-state index in [1.165, 1.54) is 0 Å². The van der Waals surface area contributed by atoms with Crippen molar-refractivity contribution < 1.29 is 13.6 Å². The Morgan fingerprint density at radius 1 is 1.00 bits per heavy atom. The summed E-state index contributed by atoms with van der Waals surface area (Å²) in [6.45, 7) is 1.62. The summed E-state index contributed by atoms with van der Waals surface area (Å²) in [5.74, 6) is 0.0415. The summed E-state index contributed by atoms with van der Waals surface area (Å²) in [7, 11) is 0. The van der Waals surface area contributed by atoms with Crippen LogP contribution in [0.5, 0.6) is 0 Å². The fourth-order valence-corrected chi connectivity index (χ4v) is 3.86. The van der Waals surface area contributed by atoms with Gasteiger partial charge in [0.1, 0.15) is 5.69 Å². The number of rotatable bonds is 3. The number of benzene rings is 1. The van der Waals surface area contributed by atoms with Crippen molar-refractivity contribution in [1.29, 1.82) is 0 Å². The molecule has 0 N–H and O–H groups in total. The van der Waals surface area contributed by atoms with Gasteiger partial charge in [-0.3, -0.25) is 4.79 Å². The number of aromatic nitrogens is 2. The Morgan fingerprint density at radius 2 is 1.68 bits per heavy atom. The van der Waals surface area contributed by atoms with Crippen LogP contribution in [0.4, 0.5) is 8.78 Å². The Hall–Kier alpha value is -2.24. The number of hydrogen-bond acceptors (Lipinski definition) is 2. The smallest absolute Gasteiger partial charge is 0.282 e. The second-order valence-electron chi connectivity index (χ2n) is 6.78. The molecule has 1 amide bonds. The van der Waals surface area contributed by atoms with Gasteiger partial charge in [0, 0.05) is 29.9 Å². The van der Waals surface area contributed by atoms with Gasteiger partial charge in [-0.1, -0.05) is 0 Å². The first-order chi connectivity index (χ1) is 12.1. The highest BCUT2D eigenvalue weighted by atomic mass is 19.3. The van der Waals surface area contributed by atoms with E-state index in [0.717, 1.165) is 56.6 Å². The van der Waals surface area contributed by atoms with Crippen molar-refractivity contribution in [2.75, 3.05) is 13.1 Å². The van der Waals surface area contributed by atoms with Gasteiger partial charge in [-0.15, -0.1) is 0 Å². The van der Waals surface area contributed by atoms with Crippen LogP contribution in [0.15, 0.2) is 24.3 Å². The molecule has 2 aromatic rings. The fourth-order valence-electron chi connectivity index (χ4n) is 3.86. The minimum Gasteiger partial charge on any atom is -0.339 e. The van der Waals surface area contributed by atoms with E-state index < -0.39 is 6.43 Å². The molecular weight excluding hydrogens is 324 g/mol. The van der Waals surface area contributed by atoms with Gasteiger partial charge in [-0.05, 0) is 62.8 Å². The van der Waals surface area contributed by atoms with Crippen LogP contribution in [0, 0.1) is 0 Å². The SMILES string of the molecule is O=C(c1ccc(-n2nc(C(F)F)c3c2CCCC3)cc1)N1CCCC1. The molecule has 1 aromatic heterocycles. The molecular formula is C19H21F2N3O. The summed E-state index contributed by atoms with van der Waals surface area (Å²) in [5.41, 5.74) is 2.88. The number of fused-ring (bicyclic) bond motifs is 1. The Balaban J connectivity index is 1.65. The molecule has 1 aliphatic heterocycles. The number of carbonyl (C=O) groups is 1. The maximum atomic E-state index is 13.3. The molecule has 4 rings (SSSR count). The van der Waals surface area contributed by atoms with Crippen molar-refractivity contribution in [2.45, 2.75) is 45.0 Å². The van der Waals surface area contributed by atoms with Gasteiger partial charge in [-0.2, -0.15) is 5.10 Å². The molecule has 0 radical (unpaired) electrons. The molecule has 1 aromatic carbocycles. The molecule has 1 aliphatic carbocycles. The first kappa shape index (κ1) is 16.2. The summed E-state index contributed by atoms with van der Waals surface area (Å²) in [6.07, 6.45) is 2.92. The lowest BCUT2D eigenvalue weighted by Crippen LogP contribution is -2.27. The van der Waals surface area contributed by atoms with Crippen LogP contribution in [0.1, 0.15) is 59.4 Å². The van der Waals surface area contributed by atoms with E-state index >= 15 is 0 Å². The lowest BCUT2D eigenvalue weighted by molar-refractivity contribution is 0.0793. The predicted octanol–water partition coefficient (Wildman–Crippen LogP) is 3.92. The molecule has 0 spiro atoms. The molecule has 2 heterocycles. The van der Waals surface area contributed by atoms with Gasteiger partial charge < -0.3 is 4.90 Å². The summed E-state index contributed by atoms with van der Waals surface area (Å²) in [6, 6.07) is 7.16. The molecule has 0 bridgehead atoms. The number of likely N-dealkylation sites (tertiary alicyclic amines) is 1. The highest BCUT2D eigenvalue weighted by Crippen LogP contribution is 2.32. The Morgan fingerprint density at radius 3 is 2.36 bits per heavy atom. The summed E-state index contributed by atoms with van der Waals surface area (Å²) < 4.78 is 28.2. The van der Waals surface area contributed by atoms with Gasteiger partial charge in [0.15, 0.2) is 0 Å². The third-order valence-corrected chi connectivity index (χ3v) is 5.17. The molecule has 132 valence electrons. The fraction of sp³-hybridized carbons (Fsp3) is 0.474. The van der Waals surface area contributed by atoms with Crippen LogP contribution in [0.3, 0.4) is 0 Å². The third-order valence-electron chi connectivity index (χ3n) is 5.17. The van der Waals surface area contributed by atoms with E-state index in [1.54, 1.807) is 28.9 Å². The highest BCUT2D eigenvalue weighted by Gasteiger charge is 2.26. The quantitative estimate of drug-likeness (QED) is 0.845. The van der Waals surface area contributed by atoms with Crippen LogP contribution in [-0.2, 0) is 12.8 Å². The highest BCUT2D eigenvalue weighted by molar-refractivity contribution is 5.94. The normalized spacial score (nSPS) is 17.2. The lowest BCUT2D eigenvalue weighted by atomic mass is 9.95. The standard InChI is InChI=1S/C19H21F2N3O/c20-18(21)17-15-5-1-2-6-16(15)24(22-17)14-9-7-13(8-10-14)19(25)23-11-3-4-12-23/h7-10,18H,1-6,11-12H2. The van der Waals surface area contributed by atoms with Crippen molar-refractivity contribution in [2.24, 2.45) is 0 Å². The first-order valence-corrected chi connectivity index (χ1v) is 8.93. The molecule has 0 saturated carbocycles. The van der Waals surface area contributed by atoms with E-state index in [-0.39, 0.29) is 11.6 Å². The minimum atomic E-state index is -2.55. The summed E-state index contributed by atoms with van der Waals surface area (Å²) >= 11 is 0. The van der Waals surface area contributed by atoms with Crippen molar-refractivity contribution in [3.8, 4) is 5.69 Å². The number of nitrogens with zero attached hydrogens (tertiary/aromatic N) is 3. The molecule has 0 atom stereocenters. The number of alkyl halides is 2. The van der Waals surface area contributed by atoms with E-state index in [0.29, 0.717) is 17.5 Å². The number of amides is 1. The number of halogens is 2. The Kier molecular flexibility index (Phi) is 4.27. The zero-order valence-electron chi connectivity index (χ0n) is 14.0. The van der Waals surface area contributed by atoms with Crippen LogP contribution >= 0.6 is 0 Å². The Labute approximate surface area is 145 Å². The zero-order valence-corrected chi connectivity index (χ0v) is 14.0. The molecule has 6 heteroatoms. The first-order valence-electron chi connectivity index (χ1n) is 8.93. The van der Waals surface area contributed by atoms with Crippen molar-refractivity contribution in [3.63, 3.8) is 0 Å². The largest absolute Gasteiger partial charge is 0.339 e. The van der Waals surface area contributed by atoms with Gasteiger partial charge in [-0.25, -0.2) is 13.5 Å². The average Bonchev–Trinajstić information content (AvgIpc) is 3.29. The van der Waals surface area contributed by atoms with Crippen LogP contribution < -0.4 is 0 Å². The molecule has 1 fully saturated rings. The maximum absolute atomic E-state index is 13.3. The molecule has 0 unspecified atom stereocenters. The second-order valence-corrected chi connectivity index (χ2v) is 6.78. The van der Waals surface area contributed by atoms with Gasteiger partial charge in [0.05, 0.1) is 5.69 Å². The van der Waals surface area contributed by atoms with Crippen molar-refractivity contribution >= 4 is 5.91 Å². The van der Waals surface area contributed by atoms with Crippen LogP contribution in [-0.4, -0.2) is 33.7 Å². The number of hydrogen-bond donors (Lipinski definition) is 0. The summed E-state index contributed by atoms with van der Waals surface area (Å²) in [5, 5.41) is 4.18. The minimum absolute atomic E-state index is 0.0415. The van der Waals surface area contributed by atoms with E-state index in [1.807, 2.05) is 4.90 Å². The van der Waals surface area contributed by atoms with Gasteiger partial charge in [0.25, 0.3) is 12.3 Å². The molecule has 2 aliphatic rings. The van der Waals surface area contributed by atoms with Crippen LogP contribution in [0.2, 0.25) is 0 Å².